The number of aliphatic hydroxyl groups is 1. The summed E-state index contributed by atoms with van der Waals surface area (Å²) in [6.45, 7) is 3.20. The van der Waals surface area contributed by atoms with Crippen LogP contribution in [0.4, 0.5) is 0 Å². The number of hydrogen-bond acceptors (Lipinski definition) is 9. The quantitative estimate of drug-likeness (QED) is 0.255. The fraction of sp³-hybridized carbons (Fsp3) is 0.800. The number of carbonyl (C=O) groups is 3. The second kappa shape index (κ2) is 11.5. The summed E-state index contributed by atoms with van der Waals surface area (Å²) >= 11 is 0. The first kappa shape index (κ1) is 22.9. The molecule has 0 aliphatic carbocycles. The lowest BCUT2D eigenvalue weighted by Crippen LogP contribution is -2.57. The Balaban J connectivity index is 2.85. The molecule has 10 nitrogen and oxygen atoms in total. The number of methoxy groups -OCH3 is 1. The highest BCUT2D eigenvalue weighted by atomic mass is 31.0. The summed E-state index contributed by atoms with van der Waals surface area (Å²) in [5.74, 6) is -0.277. The van der Waals surface area contributed by atoms with Crippen LogP contribution in [-0.4, -0.2) is 80.3 Å². The monoisotopic (exact) mass is 395 g/mol. The maximum Gasteiger partial charge on any atom is 0.295 e. The Morgan fingerprint density at radius 2 is 2.15 bits per heavy atom. The molecule has 1 aliphatic rings. The van der Waals surface area contributed by atoms with Gasteiger partial charge in [0.1, 0.15) is 0 Å². The van der Waals surface area contributed by atoms with E-state index in [4.69, 9.17) is 23.7 Å². The summed E-state index contributed by atoms with van der Waals surface area (Å²) in [7, 11) is 3.67. The number of aldehydes is 1. The Morgan fingerprint density at radius 1 is 1.46 bits per heavy atom. The number of rotatable bonds is 11. The predicted molar refractivity (Wildman–Crippen MR) is 90.9 cm³/mol. The molecular weight excluding hydrogens is 369 g/mol. The van der Waals surface area contributed by atoms with Gasteiger partial charge >= 0.3 is 0 Å². The zero-order valence-electron chi connectivity index (χ0n) is 14.9. The minimum Gasteiger partial charge on any atom is -0.434 e. The van der Waals surface area contributed by atoms with Crippen LogP contribution in [0.25, 0.3) is 0 Å². The topological polar surface area (TPSA) is 130 Å². The van der Waals surface area contributed by atoms with Crippen molar-refractivity contribution in [1.29, 1.82) is 0 Å². The van der Waals surface area contributed by atoms with Gasteiger partial charge < -0.3 is 38.9 Å². The van der Waals surface area contributed by atoms with E-state index in [0.717, 1.165) is 0 Å². The fourth-order valence-corrected chi connectivity index (χ4v) is 2.80. The molecule has 0 saturated carbocycles. The van der Waals surface area contributed by atoms with E-state index >= 15 is 0 Å². The summed E-state index contributed by atoms with van der Waals surface area (Å²) in [6.07, 6.45) is -4.73. The van der Waals surface area contributed by atoms with Crippen LogP contribution >= 0.6 is 9.24 Å². The van der Waals surface area contributed by atoms with Gasteiger partial charge in [-0.25, -0.2) is 0 Å². The Kier molecular flexibility index (Phi) is 10.1. The average molecular weight is 395 g/mol. The normalized spacial score (nSPS) is 29.3. The summed E-state index contributed by atoms with van der Waals surface area (Å²) < 4.78 is 26.3. The molecule has 0 aromatic heterocycles. The SMILES string of the molecule is COC(C=O)C(OC=O)O[C@H](CP)OC1CC(O)O[C@@H](C)C1NC(C)=O. The predicted octanol–water partition coefficient (Wildman–Crippen LogP) is -1.07. The van der Waals surface area contributed by atoms with Gasteiger partial charge in [-0.15, -0.1) is 9.24 Å². The molecule has 1 heterocycles. The molecule has 0 spiro atoms. The lowest BCUT2D eigenvalue weighted by molar-refractivity contribution is -0.282. The Bertz CT molecular complexity index is 466. The first-order valence-electron chi connectivity index (χ1n) is 8.05. The van der Waals surface area contributed by atoms with E-state index in [2.05, 4.69) is 14.6 Å². The number of aliphatic hydroxyl groups excluding tert-OH is 1. The van der Waals surface area contributed by atoms with E-state index in [-0.39, 0.29) is 25.0 Å². The average Bonchev–Trinajstić information content (AvgIpc) is 2.58. The molecule has 26 heavy (non-hydrogen) atoms. The second-order valence-electron chi connectivity index (χ2n) is 5.67. The van der Waals surface area contributed by atoms with E-state index in [1.54, 1.807) is 6.92 Å². The summed E-state index contributed by atoms with van der Waals surface area (Å²) in [5.41, 5.74) is 0. The first-order valence-corrected chi connectivity index (χ1v) is 8.86. The van der Waals surface area contributed by atoms with Crippen molar-refractivity contribution in [2.24, 2.45) is 0 Å². The summed E-state index contributed by atoms with van der Waals surface area (Å²) in [4.78, 5) is 33.1. The maximum absolute atomic E-state index is 11.4. The van der Waals surface area contributed by atoms with Gasteiger partial charge in [0.15, 0.2) is 25.0 Å². The minimum absolute atomic E-state index is 0.0976. The molecule has 0 aromatic rings. The highest BCUT2D eigenvalue weighted by molar-refractivity contribution is 7.16. The highest BCUT2D eigenvalue weighted by Gasteiger charge is 2.39. The van der Waals surface area contributed by atoms with E-state index < -0.39 is 43.2 Å². The maximum atomic E-state index is 11.4. The molecule has 2 N–H and O–H groups in total. The van der Waals surface area contributed by atoms with Crippen LogP contribution in [0.3, 0.4) is 0 Å². The number of carbonyl (C=O) groups excluding carboxylic acids is 3. The molecule has 1 fully saturated rings. The molecule has 0 aromatic carbocycles. The molecule has 1 aliphatic heterocycles. The summed E-state index contributed by atoms with van der Waals surface area (Å²) in [5, 5.41) is 12.5. The van der Waals surface area contributed by atoms with Gasteiger partial charge in [-0.05, 0) is 6.92 Å². The largest absolute Gasteiger partial charge is 0.434 e. The number of nitrogens with one attached hydrogen (secondary N) is 1. The molecule has 1 amide bonds. The number of amides is 1. The van der Waals surface area contributed by atoms with Crippen LogP contribution in [0.2, 0.25) is 0 Å². The van der Waals surface area contributed by atoms with Gasteiger partial charge in [0, 0.05) is 26.6 Å². The lowest BCUT2D eigenvalue weighted by Gasteiger charge is -2.40. The molecule has 8 atom stereocenters. The van der Waals surface area contributed by atoms with Gasteiger partial charge in [-0.3, -0.25) is 9.59 Å². The van der Waals surface area contributed by atoms with Crippen LogP contribution in [0.5, 0.6) is 0 Å². The second-order valence-corrected chi connectivity index (χ2v) is 6.14. The minimum atomic E-state index is -1.30. The van der Waals surface area contributed by atoms with E-state index in [1.165, 1.54) is 14.0 Å². The van der Waals surface area contributed by atoms with Crippen LogP contribution in [-0.2, 0) is 38.1 Å². The third kappa shape index (κ3) is 6.86. The highest BCUT2D eigenvalue weighted by Crippen LogP contribution is 2.24. The molecule has 0 radical (unpaired) electrons. The number of hydrogen-bond donors (Lipinski definition) is 2. The molecule has 1 saturated heterocycles. The third-order valence-electron chi connectivity index (χ3n) is 3.75. The van der Waals surface area contributed by atoms with Gasteiger partial charge in [-0.1, -0.05) is 0 Å². The molecule has 6 unspecified atom stereocenters. The van der Waals surface area contributed by atoms with Crippen molar-refractivity contribution < 1.29 is 43.2 Å². The van der Waals surface area contributed by atoms with Crippen LogP contribution in [0.15, 0.2) is 0 Å². The smallest absolute Gasteiger partial charge is 0.295 e. The fourth-order valence-electron chi connectivity index (χ4n) is 2.58. The molecule has 0 bridgehead atoms. The van der Waals surface area contributed by atoms with Crippen molar-refractivity contribution in [2.45, 2.75) is 63.5 Å². The lowest BCUT2D eigenvalue weighted by atomic mass is 9.99. The standard InChI is InChI=1S/C15H26NO9P/c1-8-14(16-9(2)19)10(4-12(20)23-8)24-13(6-26)25-15(22-7-18)11(5-17)21-3/h5,7-8,10-15,20H,4,6,26H2,1-3H3,(H,16,19)/t8-,10?,11?,12?,13+,14?,15?/m0/s1. The third-order valence-corrected chi connectivity index (χ3v) is 4.14. The molecule has 150 valence electrons. The molecule has 11 heteroatoms. The Hall–Kier alpha value is -1.16. The van der Waals surface area contributed by atoms with Crippen molar-refractivity contribution >= 4 is 27.9 Å². The van der Waals surface area contributed by atoms with Gasteiger partial charge in [0.25, 0.3) is 6.47 Å². The molecular formula is C15H26NO9P. The van der Waals surface area contributed by atoms with Crippen LogP contribution < -0.4 is 5.32 Å². The van der Waals surface area contributed by atoms with Gasteiger partial charge in [0.05, 0.1) is 18.2 Å². The van der Waals surface area contributed by atoms with Crippen LogP contribution in [0.1, 0.15) is 20.3 Å². The van der Waals surface area contributed by atoms with Crippen molar-refractivity contribution in [2.75, 3.05) is 13.3 Å². The van der Waals surface area contributed by atoms with E-state index in [9.17, 15) is 19.5 Å². The van der Waals surface area contributed by atoms with Crippen molar-refractivity contribution in [1.82, 2.24) is 5.32 Å². The van der Waals surface area contributed by atoms with Crippen molar-refractivity contribution in [3.63, 3.8) is 0 Å². The first-order chi connectivity index (χ1) is 12.4. The number of ether oxygens (including phenoxy) is 5. The van der Waals surface area contributed by atoms with Gasteiger partial charge in [-0.2, -0.15) is 0 Å². The van der Waals surface area contributed by atoms with Gasteiger partial charge in [0.2, 0.25) is 12.2 Å². The summed E-state index contributed by atoms with van der Waals surface area (Å²) in [6, 6.07) is -0.520. The molecule has 1 rings (SSSR count). The van der Waals surface area contributed by atoms with Crippen LogP contribution in [0, 0.1) is 0 Å². The van der Waals surface area contributed by atoms with Crippen molar-refractivity contribution in [3.8, 4) is 0 Å². The zero-order chi connectivity index (χ0) is 19.7. The van der Waals surface area contributed by atoms with E-state index in [0.29, 0.717) is 6.29 Å². The zero-order valence-corrected chi connectivity index (χ0v) is 16.1. The van der Waals surface area contributed by atoms with E-state index in [1.807, 2.05) is 0 Å². The Morgan fingerprint density at radius 3 is 2.65 bits per heavy atom. The Labute approximate surface area is 154 Å². The van der Waals surface area contributed by atoms with Crippen molar-refractivity contribution in [3.05, 3.63) is 0 Å².